The van der Waals surface area contributed by atoms with Crippen molar-refractivity contribution in [2.75, 3.05) is 13.1 Å². The highest BCUT2D eigenvalue weighted by Crippen LogP contribution is 2.17. The number of hydrogen-bond acceptors (Lipinski definition) is 1. The zero-order chi connectivity index (χ0) is 16.3. The molecule has 0 saturated carbocycles. The van der Waals surface area contributed by atoms with Crippen LogP contribution in [0.3, 0.4) is 0 Å². The molecule has 0 amide bonds. The van der Waals surface area contributed by atoms with Crippen molar-refractivity contribution < 1.29 is 4.90 Å². The Hall–Kier alpha value is -1.61. The van der Waals surface area contributed by atoms with Crippen LogP contribution in [-0.4, -0.2) is 18.1 Å². The normalized spacial score (nSPS) is 12.8. The van der Waals surface area contributed by atoms with Crippen molar-refractivity contribution in [2.45, 2.75) is 54.0 Å². The summed E-state index contributed by atoms with van der Waals surface area (Å²) in [7, 11) is 0. The van der Waals surface area contributed by atoms with Gasteiger partial charge in [-0.1, -0.05) is 19.4 Å². The van der Waals surface area contributed by atoms with Crippen LogP contribution in [0.4, 0.5) is 0 Å². The summed E-state index contributed by atoms with van der Waals surface area (Å²) in [5.41, 5.74) is 5.42. The standard InChI is InChI=1S/C19H28N2O/c1-6-8-9-21(7-2)12-16-15(5)20-17-11-13(3)10-14(4)18(17)19(16)22/h10-11H,6-9,12H2,1-5H3,(H,20,22)/p+1. The van der Waals surface area contributed by atoms with Gasteiger partial charge in [-0.15, -0.1) is 0 Å². The van der Waals surface area contributed by atoms with Crippen LogP contribution in [0.1, 0.15) is 49.1 Å². The molecule has 0 spiro atoms. The maximum Gasteiger partial charge on any atom is 0.198 e. The van der Waals surface area contributed by atoms with E-state index in [0.717, 1.165) is 47.4 Å². The summed E-state index contributed by atoms with van der Waals surface area (Å²) in [5.74, 6) is 0. The largest absolute Gasteiger partial charge is 0.358 e. The second-order valence-electron chi connectivity index (χ2n) is 6.45. The monoisotopic (exact) mass is 301 g/mol. The quantitative estimate of drug-likeness (QED) is 0.846. The Balaban J connectivity index is 2.48. The summed E-state index contributed by atoms with van der Waals surface area (Å²) in [5, 5.41) is 0.858. The fourth-order valence-electron chi connectivity index (χ4n) is 3.25. The van der Waals surface area contributed by atoms with Crippen LogP contribution in [0.25, 0.3) is 10.9 Å². The summed E-state index contributed by atoms with van der Waals surface area (Å²) < 4.78 is 0. The predicted molar refractivity (Wildman–Crippen MR) is 93.8 cm³/mol. The Morgan fingerprint density at radius 2 is 1.86 bits per heavy atom. The Labute approximate surface area is 133 Å². The third-order valence-electron chi connectivity index (χ3n) is 4.57. The maximum atomic E-state index is 13.0. The molecule has 1 unspecified atom stereocenters. The third-order valence-corrected chi connectivity index (χ3v) is 4.57. The van der Waals surface area contributed by atoms with Gasteiger partial charge in [0.15, 0.2) is 5.43 Å². The van der Waals surface area contributed by atoms with E-state index in [0.29, 0.717) is 0 Å². The minimum atomic E-state index is 0.214. The molecule has 0 fully saturated rings. The van der Waals surface area contributed by atoms with Crippen molar-refractivity contribution in [3.05, 3.63) is 44.7 Å². The molecule has 2 N–H and O–H groups in total. The van der Waals surface area contributed by atoms with E-state index in [1.54, 1.807) is 0 Å². The number of benzene rings is 1. The van der Waals surface area contributed by atoms with E-state index < -0.39 is 0 Å². The van der Waals surface area contributed by atoms with Crippen LogP contribution in [0, 0.1) is 20.8 Å². The average Bonchev–Trinajstić information content (AvgIpc) is 2.45. The number of hydrogen-bond donors (Lipinski definition) is 2. The van der Waals surface area contributed by atoms with E-state index in [9.17, 15) is 4.79 Å². The van der Waals surface area contributed by atoms with Crippen LogP contribution in [0.15, 0.2) is 16.9 Å². The number of H-pyrrole nitrogens is 1. The highest BCUT2D eigenvalue weighted by molar-refractivity contribution is 5.83. The molecule has 3 nitrogen and oxygen atoms in total. The van der Waals surface area contributed by atoms with Gasteiger partial charge in [0.05, 0.1) is 24.2 Å². The van der Waals surface area contributed by atoms with Crippen LogP contribution >= 0.6 is 0 Å². The summed E-state index contributed by atoms with van der Waals surface area (Å²) in [6, 6.07) is 4.17. The molecule has 0 aliphatic rings. The number of pyridine rings is 1. The van der Waals surface area contributed by atoms with Gasteiger partial charge < -0.3 is 9.88 Å². The first-order valence-corrected chi connectivity index (χ1v) is 8.44. The Kier molecular flexibility index (Phi) is 5.41. The molecule has 1 aromatic carbocycles. The van der Waals surface area contributed by atoms with Crippen molar-refractivity contribution in [3.8, 4) is 0 Å². The molecule has 3 heteroatoms. The number of rotatable bonds is 6. The first-order chi connectivity index (χ1) is 10.5. The van der Waals surface area contributed by atoms with Gasteiger partial charge in [-0.25, -0.2) is 0 Å². The van der Waals surface area contributed by atoms with E-state index in [-0.39, 0.29) is 5.43 Å². The van der Waals surface area contributed by atoms with Crippen LogP contribution in [-0.2, 0) is 6.54 Å². The number of unbranched alkanes of at least 4 members (excludes halogenated alkanes) is 1. The number of fused-ring (bicyclic) bond motifs is 1. The van der Waals surface area contributed by atoms with Crippen molar-refractivity contribution in [3.63, 3.8) is 0 Å². The molecular weight excluding hydrogens is 272 g/mol. The van der Waals surface area contributed by atoms with Gasteiger partial charge in [-0.05, 0) is 51.3 Å². The van der Waals surface area contributed by atoms with Crippen molar-refractivity contribution >= 4 is 10.9 Å². The molecule has 1 heterocycles. The van der Waals surface area contributed by atoms with E-state index in [4.69, 9.17) is 0 Å². The van der Waals surface area contributed by atoms with E-state index in [1.165, 1.54) is 23.3 Å². The second-order valence-corrected chi connectivity index (χ2v) is 6.45. The molecule has 1 aromatic heterocycles. The summed E-state index contributed by atoms with van der Waals surface area (Å²) in [6.07, 6.45) is 2.42. The molecule has 2 rings (SSSR count). The van der Waals surface area contributed by atoms with Crippen molar-refractivity contribution in [1.82, 2.24) is 4.98 Å². The zero-order valence-corrected chi connectivity index (χ0v) is 14.6. The Morgan fingerprint density at radius 1 is 1.14 bits per heavy atom. The molecule has 22 heavy (non-hydrogen) atoms. The summed E-state index contributed by atoms with van der Waals surface area (Å²) >= 11 is 0. The van der Waals surface area contributed by atoms with Gasteiger partial charge >= 0.3 is 0 Å². The molecule has 0 bridgehead atoms. The molecule has 2 aromatic rings. The van der Waals surface area contributed by atoms with Gasteiger partial charge in [0.25, 0.3) is 0 Å². The van der Waals surface area contributed by atoms with Gasteiger partial charge in [-0.2, -0.15) is 0 Å². The van der Waals surface area contributed by atoms with Crippen LogP contribution < -0.4 is 10.3 Å². The van der Waals surface area contributed by atoms with E-state index in [2.05, 4.69) is 37.9 Å². The van der Waals surface area contributed by atoms with E-state index in [1.807, 2.05) is 13.8 Å². The molecule has 120 valence electrons. The minimum Gasteiger partial charge on any atom is -0.358 e. The van der Waals surface area contributed by atoms with Crippen LogP contribution in [0.5, 0.6) is 0 Å². The number of nitrogens with one attached hydrogen (secondary N) is 2. The predicted octanol–water partition coefficient (Wildman–Crippen LogP) is 2.66. The van der Waals surface area contributed by atoms with Gasteiger partial charge in [0.1, 0.15) is 6.54 Å². The van der Waals surface area contributed by atoms with Gasteiger partial charge in [0.2, 0.25) is 0 Å². The first-order valence-electron chi connectivity index (χ1n) is 8.44. The van der Waals surface area contributed by atoms with Crippen LogP contribution in [0.2, 0.25) is 0 Å². The Bertz CT molecular complexity index is 715. The van der Waals surface area contributed by atoms with Gasteiger partial charge in [-0.3, -0.25) is 4.79 Å². The number of aromatic nitrogens is 1. The highest BCUT2D eigenvalue weighted by Gasteiger charge is 2.16. The molecular formula is C19H29N2O+. The van der Waals surface area contributed by atoms with Crippen molar-refractivity contribution in [2.24, 2.45) is 0 Å². The number of aromatic amines is 1. The van der Waals surface area contributed by atoms with Crippen molar-refractivity contribution in [1.29, 1.82) is 0 Å². The van der Waals surface area contributed by atoms with Gasteiger partial charge in [0, 0.05) is 11.1 Å². The highest BCUT2D eigenvalue weighted by atomic mass is 16.1. The smallest absolute Gasteiger partial charge is 0.198 e. The zero-order valence-electron chi connectivity index (χ0n) is 14.6. The molecule has 0 aliphatic heterocycles. The second kappa shape index (κ2) is 7.10. The Morgan fingerprint density at radius 3 is 2.50 bits per heavy atom. The summed E-state index contributed by atoms with van der Waals surface area (Å²) in [4.78, 5) is 17.9. The van der Waals surface area contributed by atoms with E-state index >= 15 is 0 Å². The fraction of sp³-hybridized carbons (Fsp3) is 0.526. The average molecular weight is 301 g/mol. The lowest BCUT2D eigenvalue weighted by molar-refractivity contribution is -0.912. The third kappa shape index (κ3) is 3.41. The number of aryl methyl sites for hydroxylation is 3. The number of quaternary nitrogens is 1. The molecule has 1 atom stereocenters. The molecule has 0 radical (unpaired) electrons. The summed E-state index contributed by atoms with van der Waals surface area (Å²) in [6.45, 7) is 13.6. The molecule has 0 aliphatic carbocycles. The SMILES string of the molecule is CCCC[NH+](CC)Cc1c(C)[nH]c2cc(C)cc(C)c2c1=O. The lowest BCUT2D eigenvalue weighted by Crippen LogP contribution is -3.10. The lowest BCUT2D eigenvalue weighted by atomic mass is 10.0. The minimum absolute atomic E-state index is 0.214. The topological polar surface area (TPSA) is 37.3 Å². The first kappa shape index (κ1) is 16.8. The molecule has 0 saturated heterocycles. The lowest BCUT2D eigenvalue weighted by Gasteiger charge is -2.19. The fourth-order valence-corrected chi connectivity index (χ4v) is 3.25. The maximum absolute atomic E-state index is 13.0.